The number of amides is 1. The Morgan fingerprint density at radius 2 is 1.81 bits per heavy atom. The monoisotopic (exact) mass is 229 g/mol. The van der Waals surface area contributed by atoms with Gasteiger partial charge >= 0.3 is 0 Å². The van der Waals surface area contributed by atoms with Crippen molar-refractivity contribution in [1.82, 2.24) is 15.1 Å². The van der Waals surface area contributed by atoms with Crippen LogP contribution >= 0.6 is 0 Å². The van der Waals surface area contributed by atoms with Crippen molar-refractivity contribution in [2.24, 2.45) is 0 Å². The van der Waals surface area contributed by atoms with Crippen LogP contribution < -0.4 is 5.32 Å². The molecule has 1 N–H and O–H groups in total. The standard InChI is InChI=1S/C12H27N3O/c1-11(2)15(5)12(16)10-13-8-6-7-9-14(3)4/h11,13H,6-10H2,1-5H3. The Morgan fingerprint density at radius 3 is 2.31 bits per heavy atom. The fraction of sp³-hybridized carbons (Fsp3) is 0.917. The molecule has 0 saturated carbocycles. The quantitative estimate of drug-likeness (QED) is 0.625. The highest BCUT2D eigenvalue weighted by Crippen LogP contribution is 1.93. The average molecular weight is 229 g/mol. The molecule has 0 heterocycles. The van der Waals surface area contributed by atoms with Gasteiger partial charge in [0.15, 0.2) is 0 Å². The van der Waals surface area contributed by atoms with E-state index in [1.54, 1.807) is 4.90 Å². The van der Waals surface area contributed by atoms with Gasteiger partial charge in [-0.3, -0.25) is 4.79 Å². The predicted molar refractivity (Wildman–Crippen MR) is 68.6 cm³/mol. The summed E-state index contributed by atoms with van der Waals surface area (Å²) >= 11 is 0. The Kier molecular flexibility index (Phi) is 8.21. The third-order valence-electron chi connectivity index (χ3n) is 2.65. The van der Waals surface area contributed by atoms with Crippen LogP contribution in [-0.2, 0) is 4.79 Å². The molecule has 1 amide bonds. The van der Waals surface area contributed by atoms with Gasteiger partial charge in [0.05, 0.1) is 6.54 Å². The van der Waals surface area contributed by atoms with Crippen LogP contribution in [0.25, 0.3) is 0 Å². The van der Waals surface area contributed by atoms with Crippen molar-refractivity contribution in [3.63, 3.8) is 0 Å². The second-order valence-electron chi connectivity index (χ2n) is 4.79. The molecule has 0 aromatic carbocycles. The van der Waals surface area contributed by atoms with Crippen LogP contribution in [0.5, 0.6) is 0 Å². The predicted octanol–water partition coefficient (Wildman–Crippen LogP) is 0.785. The number of hydrogen-bond donors (Lipinski definition) is 1. The molecule has 4 heteroatoms. The summed E-state index contributed by atoms with van der Waals surface area (Å²) in [5, 5.41) is 3.18. The Hall–Kier alpha value is -0.610. The van der Waals surface area contributed by atoms with Crippen LogP contribution in [0.3, 0.4) is 0 Å². The van der Waals surface area contributed by atoms with Crippen molar-refractivity contribution in [3.05, 3.63) is 0 Å². The fourth-order valence-corrected chi connectivity index (χ4v) is 1.29. The SMILES string of the molecule is CC(C)N(C)C(=O)CNCCCCN(C)C. The van der Waals surface area contributed by atoms with Gasteiger partial charge in [0.25, 0.3) is 0 Å². The van der Waals surface area contributed by atoms with Crippen molar-refractivity contribution in [3.8, 4) is 0 Å². The normalized spacial score (nSPS) is 11.2. The van der Waals surface area contributed by atoms with Crippen LogP contribution in [0.2, 0.25) is 0 Å². The highest BCUT2D eigenvalue weighted by molar-refractivity contribution is 5.78. The van der Waals surface area contributed by atoms with Crippen molar-refractivity contribution < 1.29 is 4.79 Å². The van der Waals surface area contributed by atoms with Crippen LogP contribution in [0.1, 0.15) is 26.7 Å². The summed E-state index contributed by atoms with van der Waals surface area (Å²) in [7, 11) is 6.00. The minimum atomic E-state index is 0.169. The minimum absolute atomic E-state index is 0.169. The third-order valence-corrected chi connectivity index (χ3v) is 2.65. The first-order valence-corrected chi connectivity index (χ1v) is 6.06. The van der Waals surface area contributed by atoms with Gasteiger partial charge in [-0.25, -0.2) is 0 Å². The van der Waals surface area contributed by atoms with Crippen molar-refractivity contribution >= 4 is 5.91 Å². The van der Waals surface area contributed by atoms with Crippen molar-refractivity contribution in [2.75, 3.05) is 40.8 Å². The number of carbonyl (C=O) groups is 1. The number of hydrogen-bond acceptors (Lipinski definition) is 3. The number of unbranched alkanes of at least 4 members (excludes halogenated alkanes) is 1. The van der Waals surface area contributed by atoms with Gasteiger partial charge < -0.3 is 15.1 Å². The van der Waals surface area contributed by atoms with Gasteiger partial charge in [-0.05, 0) is 53.9 Å². The van der Waals surface area contributed by atoms with Gasteiger partial charge in [-0.2, -0.15) is 0 Å². The Labute approximate surface area is 100.0 Å². The summed E-state index contributed by atoms with van der Waals surface area (Å²) < 4.78 is 0. The molecule has 16 heavy (non-hydrogen) atoms. The molecule has 0 fully saturated rings. The Morgan fingerprint density at radius 1 is 1.19 bits per heavy atom. The summed E-state index contributed by atoms with van der Waals surface area (Å²) in [6.45, 7) is 6.54. The summed E-state index contributed by atoms with van der Waals surface area (Å²) in [5.41, 5.74) is 0. The lowest BCUT2D eigenvalue weighted by molar-refractivity contribution is -0.130. The molecule has 0 atom stereocenters. The Balaban J connectivity index is 3.41. The minimum Gasteiger partial charge on any atom is -0.342 e. The Bertz CT molecular complexity index is 193. The van der Waals surface area contributed by atoms with Crippen LogP contribution in [0.15, 0.2) is 0 Å². The van der Waals surface area contributed by atoms with Crippen LogP contribution in [0.4, 0.5) is 0 Å². The van der Waals surface area contributed by atoms with E-state index in [0.717, 1.165) is 19.5 Å². The molecule has 0 unspecified atom stereocenters. The summed E-state index contributed by atoms with van der Waals surface area (Å²) in [4.78, 5) is 15.5. The summed E-state index contributed by atoms with van der Waals surface area (Å²) in [6.07, 6.45) is 2.30. The van der Waals surface area contributed by atoms with Crippen LogP contribution in [-0.4, -0.2) is 62.5 Å². The van der Waals surface area contributed by atoms with Gasteiger partial charge in [0.2, 0.25) is 5.91 Å². The molecular formula is C12H27N3O. The zero-order valence-electron chi connectivity index (χ0n) is 11.4. The van der Waals surface area contributed by atoms with E-state index in [9.17, 15) is 4.79 Å². The molecule has 0 aliphatic rings. The molecule has 0 spiro atoms. The molecule has 0 bridgehead atoms. The molecule has 0 rings (SSSR count). The number of likely N-dealkylation sites (N-methyl/N-ethyl adjacent to an activating group) is 1. The number of nitrogens with zero attached hydrogens (tertiary/aromatic N) is 2. The fourth-order valence-electron chi connectivity index (χ4n) is 1.29. The summed E-state index contributed by atoms with van der Waals surface area (Å²) in [5.74, 6) is 0.169. The van der Waals surface area contributed by atoms with E-state index in [-0.39, 0.29) is 11.9 Å². The maximum atomic E-state index is 11.6. The molecule has 4 nitrogen and oxygen atoms in total. The topological polar surface area (TPSA) is 35.6 Å². The second kappa shape index (κ2) is 8.53. The van der Waals surface area contributed by atoms with Crippen molar-refractivity contribution in [1.29, 1.82) is 0 Å². The molecule has 0 aliphatic heterocycles. The maximum absolute atomic E-state index is 11.6. The molecule has 0 aromatic rings. The van der Waals surface area contributed by atoms with E-state index in [4.69, 9.17) is 0 Å². The van der Waals surface area contributed by atoms with E-state index >= 15 is 0 Å². The smallest absolute Gasteiger partial charge is 0.236 e. The van der Waals surface area contributed by atoms with E-state index in [0.29, 0.717) is 6.54 Å². The van der Waals surface area contributed by atoms with E-state index in [1.807, 2.05) is 20.9 Å². The molecule has 0 aliphatic carbocycles. The van der Waals surface area contributed by atoms with Crippen molar-refractivity contribution in [2.45, 2.75) is 32.7 Å². The van der Waals surface area contributed by atoms with E-state index in [1.165, 1.54) is 6.42 Å². The highest BCUT2D eigenvalue weighted by Gasteiger charge is 2.10. The van der Waals surface area contributed by atoms with Crippen LogP contribution in [0, 0.1) is 0 Å². The lowest BCUT2D eigenvalue weighted by Gasteiger charge is -2.21. The second-order valence-corrected chi connectivity index (χ2v) is 4.79. The molecule has 0 radical (unpaired) electrons. The van der Waals surface area contributed by atoms with Gasteiger partial charge in [-0.15, -0.1) is 0 Å². The number of carbonyl (C=O) groups excluding carboxylic acids is 1. The first-order chi connectivity index (χ1) is 7.45. The molecular weight excluding hydrogens is 202 g/mol. The maximum Gasteiger partial charge on any atom is 0.236 e. The lowest BCUT2D eigenvalue weighted by atomic mass is 10.3. The number of rotatable bonds is 8. The molecule has 0 saturated heterocycles. The average Bonchev–Trinajstić information content (AvgIpc) is 2.21. The largest absolute Gasteiger partial charge is 0.342 e. The van der Waals surface area contributed by atoms with Gasteiger partial charge in [0.1, 0.15) is 0 Å². The summed E-state index contributed by atoms with van der Waals surface area (Å²) in [6, 6.07) is 0.281. The van der Waals surface area contributed by atoms with E-state index in [2.05, 4.69) is 24.3 Å². The van der Waals surface area contributed by atoms with Gasteiger partial charge in [-0.1, -0.05) is 0 Å². The third kappa shape index (κ3) is 7.65. The zero-order chi connectivity index (χ0) is 12.6. The zero-order valence-corrected chi connectivity index (χ0v) is 11.4. The molecule has 96 valence electrons. The molecule has 0 aromatic heterocycles. The number of nitrogens with one attached hydrogen (secondary N) is 1. The van der Waals surface area contributed by atoms with Gasteiger partial charge in [0, 0.05) is 13.1 Å². The highest BCUT2D eigenvalue weighted by atomic mass is 16.2. The first kappa shape index (κ1) is 15.4. The lowest BCUT2D eigenvalue weighted by Crippen LogP contribution is -2.39. The first-order valence-electron chi connectivity index (χ1n) is 6.06. The van der Waals surface area contributed by atoms with E-state index < -0.39 is 0 Å².